The largest absolute Gasteiger partial charge is 0.495 e. The van der Waals surface area contributed by atoms with E-state index < -0.39 is 0 Å². The van der Waals surface area contributed by atoms with Gasteiger partial charge in [0, 0.05) is 17.5 Å². The van der Waals surface area contributed by atoms with Crippen molar-refractivity contribution < 1.29 is 4.74 Å². The molecule has 0 atom stereocenters. The molecule has 0 bridgehead atoms. The molecule has 0 aliphatic heterocycles. The van der Waals surface area contributed by atoms with Gasteiger partial charge in [-0.1, -0.05) is 18.5 Å². The standard InChI is InChI=1S/C13H15ClN2OS/c1-3-6-15-13-16-11(8-18-13)9-4-5-12(17-2)10(14)7-9/h4-5,7-8H,3,6H2,1-2H3,(H,15,16). The van der Waals surface area contributed by atoms with E-state index in [1.807, 2.05) is 23.6 Å². The van der Waals surface area contributed by atoms with Gasteiger partial charge < -0.3 is 10.1 Å². The first-order chi connectivity index (χ1) is 8.74. The fourth-order valence-corrected chi connectivity index (χ4v) is 2.55. The molecule has 0 unspecified atom stereocenters. The third-order valence-corrected chi connectivity index (χ3v) is 3.57. The van der Waals surface area contributed by atoms with E-state index >= 15 is 0 Å². The van der Waals surface area contributed by atoms with Crippen LogP contribution >= 0.6 is 22.9 Å². The summed E-state index contributed by atoms with van der Waals surface area (Å²) in [5, 5.41) is 6.84. The topological polar surface area (TPSA) is 34.2 Å². The molecule has 1 aromatic heterocycles. The highest BCUT2D eigenvalue weighted by Crippen LogP contribution is 2.31. The van der Waals surface area contributed by atoms with Crippen molar-refractivity contribution >= 4 is 28.1 Å². The van der Waals surface area contributed by atoms with Crippen LogP contribution in [0.1, 0.15) is 13.3 Å². The van der Waals surface area contributed by atoms with Crippen molar-refractivity contribution in [3.8, 4) is 17.0 Å². The van der Waals surface area contributed by atoms with Gasteiger partial charge in [0.2, 0.25) is 0 Å². The van der Waals surface area contributed by atoms with Crippen LogP contribution in [-0.4, -0.2) is 18.6 Å². The molecule has 5 heteroatoms. The third-order valence-electron chi connectivity index (χ3n) is 2.48. The SMILES string of the molecule is CCCNc1nc(-c2ccc(OC)c(Cl)c2)cs1. The minimum Gasteiger partial charge on any atom is -0.495 e. The predicted molar refractivity (Wildman–Crippen MR) is 77.9 cm³/mol. The van der Waals surface area contributed by atoms with E-state index in [4.69, 9.17) is 16.3 Å². The van der Waals surface area contributed by atoms with Gasteiger partial charge in [0.15, 0.2) is 5.13 Å². The Labute approximate surface area is 116 Å². The molecule has 0 saturated carbocycles. The van der Waals surface area contributed by atoms with Crippen LogP contribution in [-0.2, 0) is 0 Å². The van der Waals surface area contributed by atoms with Gasteiger partial charge in [0.05, 0.1) is 17.8 Å². The fraction of sp³-hybridized carbons (Fsp3) is 0.308. The summed E-state index contributed by atoms with van der Waals surface area (Å²) in [5.74, 6) is 0.681. The molecule has 0 amide bonds. The lowest BCUT2D eigenvalue weighted by Crippen LogP contribution is -1.98. The van der Waals surface area contributed by atoms with Crippen molar-refractivity contribution in [1.29, 1.82) is 0 Å². The summed E-state index contributed by atoms with van der Waals surface area (Å²) in [5.41, 5.74) is 1.93. The Hall–Kier alpha value is -1.26. The maximum absolute atomic E-state index is 6.10. The highest BCUT2D eigenvalue weighted by Gasteiger charge is 2.07. The Bertz CT molecular complexity index is 527. The molecule has 96 valence electrons. The molecule has 1 heterocycles. The first-order valence-electron chi connectivity index (χ1n) is 5.78. The third kappa shape index (κ3) is 2.94. The number of thiazole rings is 1. The number of hydrogen-bond donors (Lipinski definition) is 1. The van der Waals surface area contributed by atoms with E-state index in [1.54, 1.807) is 18.4 Å². The second-order valence-corrected chi connectivity index (χ2v) is 5.08. The number of methoxy groups -OCH3 is 1. The van der Waals surface area contributed by atoms with Gasteiger partial charge in [-0.2, -0.15) is 0 Å². The van der Waals surface area contributed by atoms with Crippen molar-refractivity contribution in [3.63, 3.8) is 0 Å². The zero-order valence-corrected chi connectivity index (χ0v) is 11.9. The molecule has 2 rings (SSSR count). The van der Waals surface area contributed by atoms with Gasteiger partial charge in [-0.15, -0.1) is 11.3 Å². The number of halogens is 1. The molecule has 0 spiro atoms. The molecular weight excluding hydrogens is 268 g/mol. The zero-order valence-electron chi connectivity index (χ0n) is 10.4. The molecule has 3 nitrogen and oxygen atoms in total. The monoisotopic (exact) mass is 282 g/mol. The summed E-state index contributed by atoms with van der Waals surface area (Å²) >= 11 is 7.71. The van der Waals surface area contributed by atoms with E-state index in [2.05, 4.69) is 17.2 Å². The first kappa shape index (κ1) is 13.2. The Balaban J connectivity index is 2.20. The fourth-order valence-electron chi connectivity index (χ4n) is 1.55. The maximum atomic E-state index is 6.10. The number of aromatic nitrogens is 1. The number of benzene rings is 1. The molecule has 0 radical (unpaired) electrons. The van der Waals surface area contributed by atoms with Crippen LogP contribution in [0.2, 0.25) is 5.02 Å². The van der Waals surface area contributed by atoms with E-state index in [1.165, 1.54) is 0 Å². The lowest BCUT2D eigenvalue weighted by Gasteiger charge is -2.04. The van der Waals surface area contributed by atoms with Crippen LogP contribution in [0.25, 0.3) is 11.3 Å². The first-order valence-corrected chi connectivity index (χ1v) is 7.03. The summed E-state index contributed by atoms with van der Waals surface area (Å²) in [4.78, 5) is 4.52. The lowest BCUT2D eigenvalue weighted by molar-refractivity contribution is 0.415. The number of rotatable bonds is 5. The van der Waals surface area contributed by atoms with Crippen LogP contribution in [0.3, 0.4) is 0 Å². The summed E-state index contributed by atoms with van der Waals surface area (Å²) < 4.78 is 5.13. The molecular formula is C13H15ClN2OS. The van der Waals surface area contributed by atoms with E-state index in [0.29, 0.717) is 10.8 Å². The van der Waals surface area contributed by atoms with Crippen molar-refractivity contribution in [3.05, 3.63) is 28.6 Å². The van der Waals surface area contributed by atoms with Crippen LogP contribution in [0.15, 0.2) is 23.6 Å². The quantitative estimate of drug-likeness (QED) is 0.888. The van der Waals surface area contributed by atoms with Crippen molar-refractivity contribution in [2.24, 2.45) is 0 Å². The van der Waals surface area contributed by atoms with Crippen molar-refractivity contribution in [1.82, 2.24) is 4.98 Å². The number of hydrogen-bond acceptors (Lipinski definition) is 4. The summed E-state index contributed by atoms with van der Waals surface area (Å²) in [6.07, 6.45) is 1.09. The smallest absolute Gasteiger partial charge is 0.183 e. The molecule has 1 N–H and O–H groups in total. The highest BCUT2D eigenvalue weighted by atomic mass is 35.5. The molecule has 2 aromatic rings. The lowest BCUT2D eigenvalue weighted by atomic mass is 10.2. The van der Waals surface area contributed by atoms with E-state index in [-0.39, 0.29) is 0 Å². The number of nitrogens with zero attached hydrogens (tertiary/aromatic N) is 1. The maximum Gasteiger partial charge on any atom is 0.183 e. The molecule has 0 saturated heterocycles. The van der Waals surface area contributed by atoms with Crippen LogP contribution in [0, 0.1) is 0 Å². The van der Waals surface area contributed by atoms with E-state index in [0.717, 1.165) is 29.4 Å². The Morgan fingerprint density at radius 3 is 2.94 bits per heavy atom. The summed E-state index contributed by atoms with van der Waals surface area (Å²) in [6.45, 7) is 3.07. The Morgan fingerprint density at radius 2 is 2.28 bits per heavy atom. The van der Waals surface area contributed by atoms with Crippen LogP contribution in [0.4, 0.5) is 5.13 Å². The predicted octanol–water partition coefficient (Wildman–Crippen LogP) is 4.29. The Kier molecular flexibility index (Phi) is 4.44. The Morgan fingerprint density at radius 1 is 1.44 bits per heavy atom. The average molecular weight is 283 g/mol. The van der Waals surface area contributed by atoms with Crippen LogP contribution < -0.4 is 10.1 Å². The molecule has 18 heavy (non-hydrogen) atoms. The normalized spacial score (nSPS) is 10.4. The van der Waals surface area contributed by atoms with Crippen LogP contribution in [0.5, 0.6) is 5.75 Å². The van der Waals surface area contributed by atoms with Gasteiger partial charge in [0.25, 0.3) is 0 Å². The summed E-state index contributed by atoms with van der Waals surface area (Å²) in [6, 6.07) is 5.69. The van der Waals surface area contributed by atoms with Crippen molar-refractivity contribution in [2.75, 3.05) is 19.0 Å². The molecule has 1 aromatic carbocycles. The number of ether oxygens (including phenoxy) is 1. The highest BCUT2D eigenvalue weighted by molar-refractivity contribution is 7.14. The zero-order chi connectivity index (χ0) is 13.0. The van der Waals surface area contributed by atoms with Gasteiger partial charge in [-0.05, 0) is 24.6 Å². The summed E-state index contributed by atoms with van der Waals surface area (Å²) in [7, 11) is 1.61. The van der Waals surface area contributed by atoms with E-state index in [9.17, 15) is 0 Å². The van der Waals surface area contributed by atoms with Gasteiger partial charge >= 0.3 is 0 Å². The van der Waals surface area contributed by atoms with Gasteiger partial charge in [-0.3, -0.25) is 0 Å². The minimum absolute atomic E-state index is 0.603. The number of nitrogens with one attached hydrogen (secondary N) is 1. The minimum atomic E-state index is 0.603. The average Bonchev–Trinajstić information content (AvgIpc) is 2.85. The molecule has 0 aliphatic rings. The van der Waals surface area contributed by atoms with Crippen molar-refractivity contribution in [2.45, 2.75) is 13.3 Å². The second-order valence-electron chi connectivity index (χ2n) is 3.81. The molecule has 0 fully saturated rings. The van der Waals surface area contributed by atoms with Gasteiger partial charge in [-0.25, -0.2) is 4.98 Å². The molecule has 0 aliphatic carbocycles. The number of anilines is 1. The second kappa shape index (κ2) is 6.07. The van der Waals surface area contributed by atoms with Gasteiger partial charge in [0.1, 0.15) is 5.75 Å².